The van der Waals surface area contributed by atoms with Crippen LogP contribution in [0, 0.1) is 11.8 Å². The van der Waals surface area contributed by atoms with E-state index >= 15 is 0 Å². The minimum atomic E-state index is -0.0335. The Bertz CT molecular complexity index is 699. The molecule has 4 heterocycles. The van der Waals surface area contributed by atoms with Gasteiger partial charge in [-0.3, -0.25) is 14.4 Å². The third kappa shape index (κ3) is 3.24. The van der Waals surface area contributed by atoms with Crippen molar-refractivity contribution in [2.75, 3.05) is 19.7 Å². The van der Waals surface area contributed by atoms with Gasteiger partial charge in [0.2, 0.25) is 5.91 Å². The van der Waals surface area contributed by atoms with E-state index in [1.54, 1.807) is 11.3 Å². The predicted octanol–water partition coefficient (Wildman–Crippen LogP) is 1.24. The fraction of sp³-hybridized carbons (Fsp3) is 0.529. The molecule has 0 aromatic carbocycles. The van der Waals surface area contributed by atoms with E-state index in [9.17, 15) is 4.79 Å². The van der Waals surface area contributed by atoms with Gasteiger partial charge >= 0.3 is 0 Å². The largest absolute Gasteiger partial charge is 0.376 e. The summed E-state index contributed by atoms with van der Waals surface area (Å²) >= 11 is 1.67. The number of thiophene rings is 1. The number of carbonyl (C=O) groups is 1. The van der Waals surface area contributed by atoms with Crippen LogP contribution in [-0.2, 0) is 29.7 Å². The number of rotatable bonds is 5. The van der Waals surface area contributed by atoms with Crippen LogP contribution in [0.25, 0.3) is 0 Å². The van der Waals surface area contributed by atoms with Gasteiger partial charge in [-0.1, -0.05) is 6.07 Å². The fourth-order valence-electron chi connectivity index (χ4n) is 3.72. The Morgan fingerprint density at radius 2 is 2.42 bits per heavy atom. The van der Waals surface area contributed by atoms with Gasteiger partial charge in [0.05, 0.1) is 31.4 Å². The second kappa shape index (κ2) is 6.66. The number of hydrogen-bond acceptors (Lipinski definition) is 5. The van der Waals surface area contributed by atoms with Crippen LogP contribution in [0.5, 0.6) is 0 Å². The first-order valence-electron chi connectivity index (χ1n) is 8.30. The molecule has 128 valence electrons. The van der Waals surface area contributed by atoms with Gasteiger partial charge in [0.15, 0.2) is 0 Å². The molecule has 2 fully saturated rings. The number of aryl methyl sites for hydroxylation is 1. The molecule has 0 aliphatic carbocycles. The number of aromatic nitrogens is 2. The summed E-state index contributed by atoms with van der Waals surface area (Å²) in [6, 6.07) is 4.05. The Morgan fingerprint density at radius 3 is 3.17 bits per heavy atom. The molecule has 0 spiro atoms. The van der Waals surface area contributed by atoms with Crippen molar-refractivity contribution in [3.63, 3.8) is 0 Å². The van der Waals surface area contributed by atoms with Gasteiger partial charge in [-0.05, 0) is 11.4 Å². The summed E-state index contributed by atoms with van der Waals surface area (Å²) in [6.45, 7) is 3.84. The number of hydrogen-bond donors (Lipinski definition) is 1. The van der Waals surface area contributed by atoms with Crippen molar-refractivity contribution in [3.8, 4) is 0 Å². The molecule has 7 heteroatoms. The first-order valence-corrected chi connectivity index (χ1v) is 9.18. The van der Waals surface area contributed by atoms with E-state index in [1.807, 2.05) is 41.6 Å². The summed E-state index contributed by atoms with van der Waals surface area (Å²) in [5.41, 5.74) is 1.20. The first kappa shape index (κ1) is 15.8. The minimum absolute atomic E-state index is 0.0335. The van der Waals surface area contributed by atoms with Crippen LogP contribution in [0.4, 0.5) is 0 Å². The van der Waals surface area contributed by atoms with E-state index in [0.717, 1.165) is 19.6 Å². The summed E-state index contributed by atoms with van der Waals surface area (Å²) in [6.07, 6.45) is 4.12. The molecule has 2 aromatic rings. The number of nitrogens with zero attached hydrogens (tertiary/aromatic N) is 3. The molecule has 4 rings (SSSR count). The monoisotopic (exact) mass is 346 g/mol. The smallest absolute Gasteiger partial charge is 0.226 e. The van der Waals surface area contributed by atoms with Crippen molar-refractivity contribution in [2.24, 2.45) is 18.9 Å². The summed E-state index contributed by atoms with van der Waals surface area (Å²) < 4.78 is 7.72. The van der Waals surface area contributed by atoms with Gasteiger partial charge in [0.1, 0.15) is 0 Å². The molecule has 0 unspecified atom stereocenters. The van der Waals surface area contributed by atoms with Gasteiger partial charge in [0.25, 0.3) is 0 Å². The lowest BCUT2D eigenvalue weighted by Crippen LogP contribution is -2.36. The number of carbonyl (C=O) groups excluding carboxylic acids is 1. The number of likely N-dealkylation sites (tertiary alicyclic amines) is 1. The number of fused-ring (bicyclic) bond motifs is 1. The van der Waals surface area contributed by atoms with Crippen molar-refractivity contribution in [2.45, 2.75) is 19.2 Å². The second-order valence-electron chi connectivity index (χ2n) is 6.66. The molecule has 1 N–H and O–H groups in total. The first-order chi connectivity index (χ1) is 11.7. The molecule has 0 saturated carbocycles. The normalized spacial score (nSPS) is 26.6. The molecule has 1 amide bonds. The topological polar surface area (TPSA) is 59.4 Å². The highest BCUT2D eigenvalue weighted by atomic mass is 32.1. The molecular formula is C17H22N4O2S. The Hall–Kier alpha value is -1.70. The van der Waals surface area contributed by atoms with Gasteiger partial charge in [-0.2, -0.15) is 5.10 Å². The predicted molar refractivity (Wildman–Crippen MR) is 91.4 cm³/mol. The van der Waals surface area contributed by atoms with Crippen LogP contribution in [-0.4, -0.2) is 46.4 Å². The Morgan fingerprint density at radius 1 is 1.50 bits per heavy atom. The van der Waals surface area contributed by atoms with E-state index < -0.39 is 0 Å². The van der Waals surface area contributed by atoms with Gasteiger partial charge in [-0.25, -0.2) is 0 Å². The van der Waals surface area contributed by atoms with Crippen LogP contribution in [0.3, 0.4) is 0 Å². The molecule has 0 bridgehead atoms. The maximum Gasteiger partial charge on any atom is 0.226 e. The van der Waals surface area contributed by atoms with Crippen LogP contribution in [0.2, 0.25) is 0 Å². The highest BCUT2D eigenvalue weighted by molar-refractivity contribution is 7.09. The second-order valence-corrected chi connectivity index (χ2v) is 7.69. The standard InChI is InChI=1S/C17H22N4O2S/c1-20-7-12(5-19-20)8-21-9-14-15(11-23-16(14)10-21)17(22)18-6-13-3-2-4-24-13/h2-5,7,14-16H,6,8-11H2,1H3,(H,18,22)/t14-,15+,16-/m1/s1. The van der Waals surface area contributed by atoms with Crippen molar-refractivity contribution in [1.29, 1.82) is 0 Å². The Kier molecular flexibility index (Phi) is 4.39. The molecular weight excluding hydrogens is 324 g/mol. The minimum Gasteiger partial charge on any atom is -0.376 e. The van der Waals surface area contributed by atoms with Crippen LogP contribution in [0.15, 0.2) is 29.9 Å². The van der Waals surface area contributed by atoms with Crippen LogP contribution >= 0.6 is 11.3 Å². The third-order valence-corrected chi connectivity index (χ3v) is 5.79. The maximum atomic E-state index is 12.5. The Labute approximate surface area is 145 Å². The highest BCUT2D eigenvalue weighted by Crippen LogP contribution is 2.34. The van der Waals surface area contributed by atoms with Gasteiger partial charge in [-0.15, -0.1) is 11.3 Å². The lowest BCUT2D eigenvalue weighted by molar-refractivity contribution is -0.126. The summed E-state index contributed by atoms with van der Waals surface area (Å²) in [4.78, 5) is 16.1. The highest BCUT2D eigenvalue weighted by Gasteiger charge is 2.46. The SMILES string of the molecule is Cn1cc(CN2C[C@@H]3[C@@H](C(=O)NCc4cccs4)CO[C@@H]3C2)cn1. The number of amides is 1. The van der Waals surface area contributed by atoms with E-state index in [1.165, 1.54) is 10.4 Å². The molecule has 3 atom stereocenters. The van der Waals surface area contributed by atoms with Crippen molar-refractivity contribution < 1.29 is 9.53 Å². The molecule has 24 heavy (non-hydrogen) atoms. The average molecular weight is 346 g/mol. The van der Waals surface area contributed by atoms with Crippen molar-refractivity contribution in [3.05, 3.63) is 40.3 Å². The number of nitrogens with one attached hydrogen (secondary N) is 1. The summed E-state index contributed by atoms with van der Waals surface area (Å²) in [5.74, 6) is 0.387. The van der Waals surface area contributed by atoms with Crippen molar-refractivity contribution >= 4 is 17.2 Å². The lowest BCUT2D eigenvalue weighted by Gasteiger charge is -2.18. The zero-order valence-electron chi connectivity index (χ0n) is 13.7. The fourth-order valence-corrected chi connectivity index (χ4v) is 4.37. The van der Waals surface area contributed by atoms with E-state index in [2.05, 4.69) is 15.3 Å². The summed E-state index contributed by atoms with van der Waals surface area (Å²) in [5, 5.41) is 9.32. The molecule has 2 aliphatic rings. The van der Waals surface area contributed by atoms with E-state index in [4.69, 9.17) is 4.74 Å². The van der Waals surface area contributed by atoms with E-state index in [0.29, 0.717) is 19.1 Å². The lowest BCUT2D eigenvalue weighted by atomic mass is 9.92. The van der Waals surface area contributed by atoms with Crippen LogP contribution in [0.1, 0.15) is 10.4 Å². The molecule has 0 radical (unpaired) electrons. The van der Waals surface area contributed by atoms with Crippen molar-refractivity contribution in [1.82, 2.24) is 20.0 Å². The van der Waals surface area contributed by atoms with E-state index in [-0.39, 0.29) is 17.9 Å². The maximum absolute atomic E-state index is 12.5. The third-order valence-electron chi connectivity index (χ3n) is 4.91. The zero-order valence-corrected chi connectivity index (χ0v) is 14.5. The van der Waals surface area contributed by atoms with Gasteiger partial charge in [0, 0.05) is 49.2 Å². The Balaban J connectivity index is 1.33. The molecule has 6 nitrogen and oxygen atoms in total. The van der Waals surface area contributed by atoms with Gasteiger partial charge < -0.3 is 10.1 Å². The zero-order chi connectivity index (χ0) is 16.5. The molecule has 2 aliphatic heterocycles. The van der Waals surface area contributed by atoms with Crippen LogP contribution < -0.4 is 5.32 Å². The summed E-state index contributed by atoms with van der Waals surface area (Å²) in [7, 11) is 1.93. The molecule has 2 saturated heterocycles. The molecule has 2 aromatic heterocycles. The number of ether oxygens (including phenoxy) is 1. The quantitative estimate of drug-likeness (QED) is 0.885. The average Bonchev–Trinajstić information content (AvgIpc) is 3.30.